The molecule has 0 unspecified atom stereocenters. The quantitative estimate of drug-likeness (QED) is 0.870. The first kappa shape index (κ1) is 19.2. The van der Waals surface area contributed by atoms with Crippen molar-refractivity contribution in [2.45, 2.75) is 6.18 Å². The number of hydrogen-bond donors (Lipinski definition) is 1. The molecule has 2 N–H and O–H groups in total. The molecule has 1 fully saturated rings. The van der Waals surface area contributed by atoms with Gasteiger partial charge in [-0.05, 0) is 24.3 Å². The molecule has 1 aromatic heterocycles. The molecule has 0 atom stereocenters. The van der Waals surface area contributed by atoms with Crippen molar-refractivity contribution in [2.24, 2.45) is 10.7 Å². The Morgan fingerprint density at radius 1 is 1.25 bits per heavy atom. The molecule has 0 aliphatic carbocycles. The summed E-state index contributed by atoms with van der Waals surface area (Å²) in [5.41, 5.74) is 7.78. The number of nitriles is 1. The van der Waals surface area contributed by atoms with Gasteiger partial charge in [-0.15, -0.1) is 0 Å². The summed E-state index contributed by atoms with van der Waals surface area (Å²) in [7, 11) is 0. The van der Waals surface area contributed by atoms with Crippen LogP contribution in [0.2, 0.25) is 0 Å². The number of nitrogens with zero attached hydrogens (tertiary/aromatic N) is 4. The molecule has 1 aliphatic heterocycles. The summed E-state index contributed by atoms with van der Waals surface area (Å²) in [5, 5.41) is 8.87. The summed E-state index contributed by atoms with van der Waals surface area (Å²) in [6.45, 7) is -0.578. The van der Waals surface area contributed by atoms with Crippen LogP contribution in [0.3, 0.4) is 0 Å². The molecule has 144 valence electrons. The lowest BCUT2D eigenvalue weighted by Gasteiger charge is -2.15. The number of aromatic nitrogens is 1. The Hall–Kier alpha value is -3.54. The lowest BCUT2D eigenvalue weighted by molar-refractivity contribution is -0.153. The number of nitrogens with two attached hydrogens (primary N) is 1. The second-order valence-electron chi connectivity index (χ2n) is 5.99. The van der Waals surface area contributed by atoms with Crippen LogP contribution in [0.5, 0.6) is 5.75 Å². The molecule has 28 heavy (non-hydrogen) atoms. The fourth-order valence-electron chi connectivity index (χ4n) is 2.67. The van der Waals surface area contributed by atoms with E-state index >= 15 is 0 Å². The zero-order chi connectivity index (χ0) is 20.1. The Morgan fingerprint density at radius 2 is 2.04 bits per heavy atom. The number of ether oxygens (including phenoxy) is 1. The fourth-order valence-corrected chi connectivity index (χ4v) is 2.67. The zero-order valence-electron chi connectivity index (χ0n) is 14.6. The molecule has 3 rings (SSSR count). The molecule has 1 aromatic carbocycles. The van der Waals surface area contributed by atoms with Crippen LogP contribution < -0.4 is 15.4 Å². The standard InChI is InChI=1S/C19H16F3N5O/c20-19(21,22)12-28-17-4-2-1-3-15(17)26-16-11-27(10-14(16)8-24)18-6-5-13(7-23)9-25-18/h1-6,8-9H,10-12,24H2. The maximum Gasteiger partial charge on any atom is 0.422 e. The van der Waals surface area contributed by atoms with Gasteiger partial charge in [-0.2, -0.15) is 18.4 Å². The van der Waals surface area contributed by atoms with Crippen molar-refractivity contribution in [1.29, 1.82) is 5.26 Å². The van der Waals surface area contributed by atoms with E-state index in [4.69, 9.17) is 15.7 Å². The van der Waals surface area contributed by atoms with Crippen LogP contribution in [0.1, 0.15) is 5.56 Å². The van der Waals surface area contributed by atoms with E-state index in [1.807, 2.05) is 11.0 Å². The summed E-state index contributed by atoms with van der Waals surface area (Å²) in [6.07, 6.45) is -1.55. The Bertz CT molecular complexity index is 945. The van der Waals surface area contributed by atoms with Gasteiger partial charge < -0.3 is 15.4 Å². The number of para-hydroxylation sites is 2. The maximum absolute atomic E-state index is 12.5. The molecule has 2 heterocycles. The number of benzene rings is 1. The van der Waals surface area contributed by atoms with E-state index in [1.54, 1.807) is 30.3 Å². The van der Waals surface area contributed by atoms with E-state index in [1.165, 1.54) is 18.5 Å². The first-order valence-corrected chi connectivity index (χ1v) is 8.28. The molecule has 1 aliphatic rings. The normalized spacial score (nSPS) is 17.1. The molecule has 1 saturated heterocycles. The van der Waals surface area contributed by atoms with Crippen molar-refractivity contribution in [3.05, 3.63) is 59.9 Å². The van der Waals surface area contributed by atoms with E-state index in [0.29, 0.717) is 30.2 Å². The molecule has 6 nitrogen and oxygen atoms in total. The van der Waals surface area contributed by atoms with Crippen LogP contribution in [0.4, 0.5) is 24.7 Å². The predicted octanol–water partition coefficient (Wildman–Crippen LogP) is 3.33. The average molecular weight is 387 g/mol. The molecule has 0 bridgehead atoms. The van der Waals surface area contributed by atoms with Crippen molar-refractivity contribution < 1.29 is 17.9 Å². The van der Waals surface area contributed by atoms with Gasteiger partial charge in [0.25, 0.3) is 0 Å². The molecule has 0 saturated carbocycles. The third-order valence-corrected chi connectivity index (χ3v) is 3.99. The van der Waals surface area contributed by atoms with Gasteiger partial charge in [0.15, 0.2) is 6.61 Å². The molecule has 0 amide bonds. The average Bonchev–Trinajstić information content (AvgIpc) is 3.09. The van der Waals surface area contributed by atoms with Gasteiger partial charge in [0.05, 0.1) is 17.8 Å². The van der Waals surface area contributed by atoms with Gasteiger partial charge in [-0.1, -0.05) is 12.1 Å². The molecule has 0 radical (unpaired) electrons. The third-order valence-electron chi connectivity index (χ3n) is 3.99. The van der Waals surface area contributed by atoms with Gasteiger partial charge in [0, 0.05) is 24.5 Å². The van der Waals surface area contributed by atoms with Crippen molar-refractivity contribution in [3.8, 4) is 11.8 Å². The Balaban J connectivity index is 1.84. The van der Waals surface area contributed by atoms with Crippen LogP contribution >= 0.6 is 0 Å². The van der Waals surface area contributed by atoms with E-state index in [-0.39, 0.29) is 11.4 Å². The number of aliphatic imine (C=N–C) groups is 1. The lowest BCUT2D eigenvalue weighted by atomic mass is 10.2. The second-order valence-corrected chi connectivity index (χ2v) is 5.99. The summed E-state index contributed by atoms with van der Waals surface area (Å²) in [5.74, 6) is 0.684. The van der Waals surface area contributed by atoms with Gasteiger partial charge >= 0.3 is 6.18 Å². The fraction of sp³-hybridized carbons (Fsp3) is 0.211. The third kappa shape index (κ3) is 4.59. The number of halogens is 3. The van der Waals surface area contributed by atoms with E-state index < -0.39 is 12.8 Å². The summed E-state index contributed by atoms with van der Waals surface area (Å²) in [6, 6.07) is 11.6. The second kappa shape index (κ2) is 8.00. The highest BCUT2D eigenvalue weighted by Crippen LogP contribution is 2.31. The van der Waals surface area contributed by atoms with E-state index in [2.05, 4.69) is 9.98 Å². The summed E-state index contributed by atoms with van der Waals surface area (Å²) < 4.78 is 42.3. The lowest BCUT2D eigenvalue weighted by Crippen LogP contribution is -2.20. The monoisotopic (exact) mass is 387 g/mol. The highest BCUT2D eigenvalue weighted by atomic mass is 19.4. The smallest absolute Gasteiger partial charge is 0.422 e. The van der Waals surface area contributed by atoms with Crippen molar-refractivity contribution in [3.63, 3.8) is 0 Å². The van der Waals surface area contributed by atoms with E-state index in [0.717, 1.165) is 5.57 Å². The Labute approximate surface area is 159 Å². The minimum absolute atomic E-state index is 0.0404. The van der Waals surface area contributed by atoms with Crippen LogP contribution in [-0.2, 0) is 0 Å². The van der Waals surface area contributed by atoms with Gasteiger partial charge in [0.2, 0.25) is 0 Å². The number of anilines is 1. The topological polar surface area (TPSA) is 87.5 Å². The molecule has 0 spiro atoms. The largest absolute Gasteiger partial charge is 0.482 e. The van der Waals surface area contributed by atoms with Crippen molar-refractivity contribution >= 4 is 17.2 Å². The maximum atomic E-state index is 12.5. The van der Waals surface area contributed by atoms with Gasteiger partial charge in [-0.3, -0.25) is 0 Å². The van der Waals surface area contributed by atoms with Gasteiger partial charge in [0.1, 0.15) is 23.3 Å². The summed E-state index contributed by atoms with van der Waals surface area (Å²) >= 11 is 0. The van der Waals surface area contributed by atoms with Crippen LogP contribution in [0.25, 0.3) is 0 Å². The number of hydrogen-bond acceptors (Lipinski definition) is 6. The minimum Gasteiger partial charge on any atom is -0.482 e. The van der Waals surface area contributed by atoms with E-state index in [9.17, 15) is 13.2 Å². The highest BCUT2D eigenvalue weighted by Gasteiger charge is 2.29. The SMILES string of the molecule is N#Cc1ccc(N2CC(=CN)C(=Nc3ccccc3OCC(F)(F)F)C2)nc1. The molecule has 9 heteroatoms. The Kier molecular flexibility index (Phi) is 5.49. The predicted molar refractivity (Wildman–Crippen MR) is 98.5 cm³/mol. The number of alkyl halides is 3. The highest BCUT2D eigenvalue weighted by molar-refractivity contribution is 6.08. The number of pyridine rings is 1. The van der Waals surface area contributed by atoms with Crippen LogP contribution in [0, 0.1) is 11.3 Å². The molecule has 2 aromatic rings. The molecular formula is C19H16F3N5O. The van der Waals surface area contributed by atoms with Gasteiger partial charge in [-0.25, -0.2) is 9.98 Å². The molecular weight excluding hydrogens is 371 g/mol. The van der Waals surface area contributed by atoms with Crippen LogP contribution in [-0.4, -0.2) is 36.6 Å². The summed E-state index contributed by atoms with van der Waals surface area (Å²) in [4.78, 5) is 10.6. The minimum atomic E-state index is -4.44. The zero-order valence-corrected chi connectivity index (χ0v) is 14.6. The number of rotatable bonds is 4. The van der Waals surface area contributed by atoms with Crippen molar-refractivity contribution in [2.75, 3.05) is 24.6 Å². The van der Waals surface area contributed by atoms with Crippen molar-refractivity contribution in [1.82, 2.24) is 4.98 Å². The first-order chi connectivity index (χ1) is 13.4. The van der Waals surface area contributed by atoms with Crippen LogP contribution in [0.15, 0.2) is 59.4 Å². The first-order valence-electron chi connectivity index (χ1n) is 8.28. The Morgan fingerprint density at radius 3 is 2.68 bits per heavy atom.